The molecule has 0 heterocycles. The first kappa shape index (κ1) is 10.5. The third kappa shape index (κ3) is 2.42. The van der Waals surface area contributed by atoms with Crippen LogP contribution in [0.3, 0.4) is 0 Å². The number of aryl methyl sites for hydroxylation is 1. The highest BCUT2D eigenvalue weighted by atomic mass is 79.9. The van der Waals surface area contributed by atoms with Gasteiger partial charge in [0.1, 0.15) is 0 Å². The normalized spacial score (nSPS) is 12.5. The van der Waals surface area contributed by atoms with E-state index in [2.05, 4.69) is 35.5 Å². The molecule has 0 amide bonds. The zero-order valence-electron chi connectivity index (χ0n) is 7.76. The lowest BCUT2D eigenvalue weighted by molar-refractivity contribution is 0.737. The summed E-state index contributed by atoms with van der Waals surface area (Å²) in [6, 6.07) is 6.18. The molecular formula is C11H14BrN. The maximum absolute atomic E-state index is 5.97. The molecule has 0 spiro atoms. The van der Waals surface area contributed by atoms with Gasteiger partial charge in [-0.1, -0.05) is 40.2 Å². The molecule has 0 aliphatic rings. The summed E-state index contributed by atoms with van der Waals surface area (Å²) >= 11 is 3.54. The van der Waals surface area contributed by atoms with Crippen molar-refractivity contribution in [1.82, 2.24) is 0 Å². The standard InChI is InChI=1S/C11H14BrN/c1-3-5-10(13)9-7-4-6-8(2)11(9)12/h3-4,6-7,10H,1,5,13H2,2H3. The molecule has 1 unspecified atom stereocenters. The molecule has 0 aliphatic heterocycles. The van der Waals surface area contributed by atoms with E-state index in [1.54, 1.807) is 0 Å². The minimum Gasteiger partial charge on any atom is -0.324 e. The van der Waals surface area contributed by atoms with Gasteiger partial charge in [-0.2, -0.15) is 0 Å². The average Bonchev–Trinajstić information content (AvgIpc) is 2.10. The number of halogens is 1. The quantitative estimate of drug-likeness (QED) is 0.805. The highest BCUT2D eigenvalue weighted by molar-refractivity contribution is 9.10. The van der Waals surface area contributed by atoms with Crippen molar-refractivity contribution in [3.63, 3.8) is 0 Å². The summed E-state index contributed by atoms with van der Waals surface area (Å²) in [6.45, 7) is 5.75. The van der Waals surface area contributed by atoms with Crippen molar-refractivity contribution in [2.45, 2.75) is 19.4 Å². The third-order valence-corrected chi connectivity index (χ3v) is 3.12. The summed E-state index contributed by atoms with van der Waals surface area (Å²) in [5.41, 5.74) is 8.35. The fourth-order valence-corrected chi connectivity index (χ4v) is 1.82. The molecule has 1 rings (SSSR count). The Kier molecular flexibility index (Phi) is 3.70. The van der Waals surface area contributed by atoms with Crippen LogP contribution in [0.2, 0.25) is 0 Å². The Bertz CT molecular complexity index is 307. The van der Waals surface area contributed by atoms with E-state index < -0.39 is 0 Å². The van der Waals surface area contributed by atoms with E-state index in [1.807, 2.05) is 18.2 Å². The van der Waals surface area contributed by atoms with Gasteiger partial charge in [-0.3, -0.25) is 0 Å². The van der Waals surface area contributed by atoms with Crippen molar-refractivity contribution in [3.05, 3.63) is 46.5 Å². The average molecular weight is 240 g/mol. The van der Waals surface area contributed by atoms with Gasteiger partial charge in [-0.05, 0) is 24.5 Å². The Hall–Kier alpha value is -0.600. The number of nitrogens with two attached hydrogens (primary N) is 1. The molecule has 13 heavy (non-hydrogen) atoms. The molecule has 1 nitrogen and oxygen atoms in total. The molecule has 0 aliphatic carbocycles. The fourth-order valence-electron chi connectivity index (χ4n) is 1.26. The first-order chi connectivity index (χ1) is 6.16. The maximum atomic E-state index is 5.97. The van der Waals surface area contributed by atoms with Crippen LogP contribution in [0, 0.1) is 6.92 Å². The van der Waals surface area contributed by atoms with E-state index in [4.69, 9.17) is 5.73 Å². The summed E-state index contributed by atoms with van der Waals surface area (Å²) in [5.74, 6) is 0. The van der Waals surface area contributed by atoms with Gasteiger partial charge >= 0.3 is 0 Å². The van der Waals surface area contributed by atoms with E-state index in [1.165, 1.54) is 5.56 Å². The smallest absolute Gasteiger partial charge is 0.0341 e. The van der Waals surface area contributed by atoms with Crippen LogP contribution in [0.1, 0.15) is 23.6 Å². The van der Waals surface area contributed by atoms with Crippen LogP contribution < -0.4 is 5.73 Å². The summed E-state index contributed by atoms with van der Waals surface area (Å²) in [5, 5.41) is 0. The Morgan fingerprint density at radius 2 is 2.31 bits per heavy atom. The lowest BCUT2D eigenvalue weighted by Gasteiger charge is -2.12. The molecule has 2 N–H and O–H groups in total. The second kappa shape index (κ2) is 4.58. The third-order valence-electron chi connectivity index (χ3n) is 2.04. The van der Waals surface area contributed by atoms with Gasteiger partial charge < -0.3 is 5.73 Å². The molecule has 1 aromatic carbocycles. The van der Waals surface area contributed by atoms with Crippen molar-refractivity contribution >= 4 is 15.9 Å². The lowest BCUT2D eigenvalue weighted by atomic mass is 10.0. The van der Waals surface area contributed by atoms with Gasteiger partial charge in [0.05, 0.1) is 0 Å². The summed E-state index contributed by atoms with van der Waals surface area (Å²) in [6.07, 6.45) is 2.65. The molecule has 70 valence electrons. The van der Waals surface area contributed by atoms with Crippen LogP contribution >= 0.6 is 15.9 Å². The van der Waals surface area contributed by atoms with Crippen LogP contribution in [0.15, 0.2) is 35.3 Å². The van der Waals surface area contributed by atoms with E-state index >= 15 is 0 Å². The van der Waals surface area contributed by atoms with Gasteiger partial charge in [-0.15, -0.1) is 6.58 Å². The van der Waals surface area contributed by atoms with E-state index in [0.29, 0.717) is 0 Å². The zero-order valence-corrected chi connectivity index (χ0v) is 9.34. The van der Waals surface area contributed by atoms with Gasteiger partial charge in [-0.25, -0.2) is 0 Å². The minimum absolute atomic E-state index is 0.0479. The summed E-state index contributed by atoms with van der Waals surface area (Å²) in [7, 11) is 0. The Labute approximate surface area is 87.8 Å². The topological polar surface area (TPSA) is 26.0 Å². The monoisotopic (exact) mass is 239 g/mol. The predicted octanol–water partition coefficient (Wildman–Crippen LogP) is 3.33. The predicted molar refractivity (Wildman–Crippen MR) is 60.6 cm³/mol. The lowest BCUT2D eigenvalue weighted by Crippen LogP contribution is -2.09. The van der Waals surface area contributed by atoms with Crippen molar-refractivity contribution in [2.24, 2.45) is 5.73 Å². The molecule has 1 aromatic rings. The molecule has 0 saturated carbocycles. The van der Waals surface area contributed by atoms with Crippen LogP contribution in [0.4, 0.5) is 0 Å². The van der Waals surface area contributed by atoms with E-state index in [9.17, 15) is 0 Å². The van der Waals surface area contributed by atoms with Crippen molar-refractivity contribution in [3.8, 4) is 0 Å². The molecule has 0 aromatic heterocycles. The molecule has 1 atom stereocenters. The van der Waals surface area contributed by atoms with Gasteiger partial charge in [0.25, 0.3) is 0 Å². The number of rotatable bonds is 3. The zero-order chi connectivity index (χ0) is 9.84. The summed E-state index contributed by atoms with van der Waals surface area (Å²) in [4.78, 5) is 0. The van der Waals surface area contributed by atoms with E-state index in [-0.39, 0.29) is 6.04 Å². The molecule has 0 fully saturated rings. The SMILES string of the molecule is C=CCC(N)c1cccc(C)c1Br. The van der Waals surface area contributed by atoms with Crippen LogP contribution in [0.5, 0.6) is 0 Å². The minimum atomic E-state index is 0.0479. The Balaban J connectivity index is 3.00. The fraction of sp³-hybridized carbons (Fsp3) is 0.273. The molecule has 0 saturated heterocycles. The van der Waals surface area contributed by atoms with Crippen molar-refractivity contribution in [2.75, 3.05) is 0 Å². The molecule has 0 radical (unpaired) electrons. The maximum Gasteiger partial charge on any atom is 0.0341 e. The molecule has 2 heteroatoms. The second-order valence-corrected chi connectivity index (χ2v) is 3.90. The summed E-state index contributed by atoms with van der Waals surface area (Å²) < 4.78 is 1.12. The van der Waals surface area contributed by atoms with Gasteiger partial charge in [0.2, 0.25) is 0 Å². The highest BCUT2D eigenvalue weighted by Crippen LogP contribution is 2.26. The number of benzene rings is 1. The van der Waals surface area contributed by atoms with Gasteiger partial charge in [0, 0.05) is 10.5 Å². The van der Waals surface area contributed by atoms with Crippen LogP contribution in [-0.2, 0) is 0 Å². The Morgan fingerprint density at radius 3 is 2.92 bits per heavy atom. The largest absolute Gasteiger partial charge is 0.324 e. The number of hydrogen-bond donors (Lipinski definition) is 1. The molecule has 0 bridgehead atoms. The van der Waals surface area contributed by atoms with Gasteiger partial charge in [0.15, 0.2) is 0 Å². The first-order valence-electron chi connectivity index (χ1n) is 4.28. The molecular weight excluding hydrogens is 226 g/mol. The van der Waals surface area contributed by atoms with Crippen molar-refractivity contribution < 1.29 is 0 Å². The first-order valence-corrected chi connectivity index (χ1v) is 5.07. The van der Waals surface area contributed by atoms with E-state index in [0.717, 1.165) is 16.5 Å². The van der Waals surface area contributed by atoms with Crippen LogP contribution in [-0.4, -0.2) is 0 Å². The highest BCUT2D eigenvalue weighted by Gasteiger charge is 2.08. The number of hydrogen-bond acceptors (Lipinski definition) is 1. The Morgan fingerprint density at radius 1 is 1.62 bits per heavy atom. The second-order valence-electron chi connectivity index (χ2n) is 3.11. The van der Waals surface area contributed by atoms with Crippen molar-refractivity contribution in [1.29, 1.82) is 0 Å². The van der Waals surface area contributed by atoms with Crippen LogP contribution in [0.25, 0.3) is 0 Å².